The Bertz CT molecular complexity index is 199. The van der Waals surface area contributed by atoms with E-state index in [0.29, 0.717) is 6.10 Å². The number of rotatable bonds is 0. The number of hydrogen-bond acceptors (Lipinski definition) is 4. The Kier molecular flexibility index (Phi) is 3.50. The first-order valence-electron chi connectivity index (χ1n) is 4.85. The van der Waals surface area contributed by atoms with Crippen LogP contribution in [0.3, 0.4) is 0 Å². The van der Waals surface area contributed by atoms with E-state index in [1.807, 2.05) is 20.8 Å². The molecule has 2 unspecified atom stereocenters. The number of carbonyl (C=O) groups is 1. The zero-order valence-corrected chi connectivity index (χ0v) is 9.20. The van der Waals surface area contributed by atoms with E-state index in [2.05, 4.69) is 0 Å². The summed E-state index contributed by atoms with van der Waals surface area (Å²) in [5.41, 5.74) is -0.328. The molecule has 0 radical (unpaired) electrons. The van der Waals surface area contributed by atoms with E-state index < -0.39 is 0 Å². The van der Waals surface area contributed by atoms with Crippen LogP contribution in [0.25, 0.3) is 0 Å². The lowest BCUT2D eigenvalue weighted by Gasteiger charge is -2.17. The van der Waals surface area contributed by atoms with Gasteiger partial charge in [-0.25, -0.2) is 0 Å². The van der Waals surface area contributed by atoms with E-state index in [1.165, 1.54) is 6.92 Å². The molecule has 0 spiro atoms. The first kappa shape index (κ1) is 11.5. The second kappa shape index (κ2) is 4.28. The largest absolute Gasteiger partial charge is 0.460 e. The number of fused-ring (bicyclic) bond motifs is 1. The van der Waals surface area contributed by atoms with Gasteiger partial charge < -0.3 is 14.2 Å². The fourth-order valence-corrected chi connectivity index (χ4v) is 1.21. The summed E-state index contributed by atoms with van der Waals surface area (Å²) in [7, 11) is 0. The van der Waals surface area contributed by atoms with Crippen LogP contribution >= 0.6 is 0 Å². The molecule has 0 N–H and O–H groups in total. The maximum atomic E-state index is 10.2. The molecule has 2 fully saturated rings. The fourth-order valence-electron chi connectivity index (χ4n) is 1.21. The summed E-state index contributed by atoms with van der Waals surface area (Å²) in [5, 5.41) is 0. The van der Waals surface area contributed by atoms with Crippen LogP contribution in [0.5, 0.6) is 0 Å². The molecule has 2 aliphatic heterocycles. The molecule has 0 bridgehead atoms. The van der Waals surface area contributed by atoms with Crippen LogP contribution in [0.2, 0.25) is 0 Å². The molecule has 0 aromatic rings. The van der Waals surface area contributed by atoms with E-state index in [-0.39, 0.29) is 17.9 Å². The maximum Gasteiger partial charge on any atom is 0.303 e. The highest BCUT2D eigenvalue weighted by molar-refractivity contribution is 5.66. The summed E-state index contributed by atoms with van der Waals surface area (Å²) in [5.74, 6) is -0.225. The van der Waals surface area contributed by atoms with Crippen molar-refractivity contribution < 1.29 is 19.0 Å². The Morgan fingerprint density at radius 1 is 1.43 bits per heavy atom. The smallest absolute Gasteiger partial charge is 0.303 e. The second-order valence-electron chi connectivity index (χ2n) is 4.41. The van der Waals surface area contributed by atoms with Crippen molar-refractivity contribution in [1.82, 2.24) is 0 Å². The first-order valence-corrected chi connectivity index (χ1v) is 4.85. The Morgan fingerprint density at radius 3 is 2.14 bits per heavy atom. The second-order valence-corrected chi connectivity index (χ2v) is 4.41. The zero-order valence-electron chi connectivity index (χ0n) is 9.20. The highest BCUT2D eigenvalue weighted by Crippen LogP contribution is 2.32. The Morgan fingerprint density at radius 2 is 2.07 bits per heavy atom. The van der Waals surface area contributed by atoms with Crippen LogP contribution in [-0.4, -0.2) is 30.6 Å². The van der Waals surface area contributed by atoms with Crippen LogP contribution in [0.1, 0.15) is 34.1 Å². The summed E-state index contributed by atoms with van der Waals surface area (Å²) >= 11 is 0. The van der Waals surface area contributed by atoms with Crippen LogP contribution in [-0.2, 0) is 19.0 Å². The quantitative estimate of drug-likeness (QED) is 0.441. The van der Waals surface area contributed by atoms with Crippen molar-refractivity contribution >= 4 is 5.97 Å². The summed E-state index contributed by atoms with van der Waals surface area (Å²) in [6.45, 7) is 7.85. The standard InChI is InChI=1S/C6H12O2.C4H6O2/c1-5(7)8-6(2,3)4;1-2-5-4-3(1)6-4/h1-4H3;3-4H,1-2H2. The van der Waals surface area contributed by atoms with Crippen molar-refractivity contribution in [2.24, 2.45) is 0 Å². The van der Waals surface area contributed by atoms with Gasteiger partial charge in [-0.15, -0.1) is 0 Å². The van der Waals surface area contributed by atoms with Crippen molar-refractivity contribution in [3.63, 3.8) is 0 Å². The molecule has 82 valence electrons. The van der Waals surface area contributed by atoms with Crippen molar-refractivity contribution in [2.45, 2.75) is 52.1 Å². The monoisotopic (exact) mass is 202 g/mol. The van der Waals surface area contributed by atoms with E-state index in [1.54, 1.807) is 0 Å². The molecular weight excluding hydrogens is 184 g/mol. The molecule has 0 aromatic carbocycles. The highest BCUT2D eigenvalue weighted by Gasteiger charge is 2.44. The van der Waals surface area contributed by atoms with E-state index in [4.69, 9.17) is 14.2 Å². The van der Waals surface area contributed by atoms with E-state index >= 15 is 0 Å². The van der Waals surface area contributed by atoms with Gasteiger partial charge in [0.2, 0.25) is 0 Å². The van der Waals surface area contributed by atoms with Gasteiger partial charge in [0, 0.05) is 13.3 Å². The number of carbonyl (C=O) groups excluding carboxylic acids is 1. The van der Waals surface area contributed by atoms with Gasteiger partial charge in [0.15, 0.2) is 6.29 Å². The van der Waals surface area contributed by atoms with Gasteiger partial charge >= 0.3 is 5.97 Å². The van der Waals surface area contributed by atoms with Gasteiger partial charge in [-0.1, -0.05) is 0 Å². The molecule has 2 rings (SSSR count). The van der Waals surface area contributed by atoms with Crippen LogP contribution in [0, 0.1) is 0 Å². The van der Waals surface area contributed by atoms with Crippen molar-refractivity contribution in [3.8, 4) is 0 Å². The molecule has 0 aromatic heterocycles. The van der Waals surface area contributed by atoms with Gasteiger partial charge in [0.25, 0.3) is 0 Å². The molecule has 14 heavy (non-hydrogen) atoms. The third-order valence-corrected chi connectivity index (χ3v) is 1.67. The summed E-state index contributed by atoms with van der Waals surface area (Å²) in [6.07, 6.45) is 1.82. The van der Waals surface area contributed by atoms with Crippen molar-refractivity contribution in [3.05, 3.63) is 0 Å². The zero-order chi connectivity index (χ0) is 10.8. The molecule has 2 aliphatic rings. The number of hydrogen-bond donors (Lipinski definition) is 0. The van der Waals surface area contributed by atoms with Crippen molar-refractivity contribution in [1.29, 1.82) is 0 Å². The van der Waals surface area contributed by atoms with Crippen LogP contribution < -0.4 is 0 Å². The predicted molar refractivity (Wildman–Crippen MR) is 50.7 cm³/mol. The molecule has 0 saturated carbocycles. The molecular formula is C10H18O4. The van der Waals surface area contributed by atoms with E-state index in [0.717, 1.165) is 13.0 Å². The highest BCUT2D eigenvalue weighted by atomic mass is 16.8. The molecule has 4 heteroatoms. The summed E-state index contributed by atoms with van der Waals surface area (Å²) < 4.78 is 14.7. The van der Waals surface area contributed by atoms with Gasteiger partial charge in [0.05, 0.1) is 6.61 Å². The lowest BCUT2D eigenvalue weighted by molar-refractivity contribution is -0.151. The topological polar surface area (TPSA) is 48.1 Å². The minimum absolute atomic E-state index is 0.213. The van der Waals surface area contributed by atoms with Crippen molar-refractivity contribution in [2.75, 3.05) is 6.61 Å². The molecule has 4 nitrogen and oxygen atoms in total. The first-order chi connectivity index (χ1) is 6.38. The minimum atomic E-state index is -0.328. The Hall–Kier alpha value is -0.610. The molecule has 2 atom stereocenters. The predicted octanol–water partition coefficient (Wildman–Crippen LogP) is 1.48. The van der Waals surface area contributed by atoms with Gasteiger partial charge in [-0.05, 0) is 20.8 Å². The lowest BCUT2D eigenvalue weighted by atomic mass is 10.2. The Balaban J connectivity index is 0.000000143. The van der Waals surface area contributed by atoms with Gasteiger partial charge in [0.1, 0.15) is 11.7 Å². The minimum Gasteiger partial charge on any atom is -0.460 e. The third-order valence-electron chi connectivity index (χ3n) is 1.67. The number of ether oxygens (including phenoxy) is 3. The van der Waals surface area contributed by atoms with Gasteiger partial charge in [-0.3, -0.25) is 4.79 Å². The SMILES string of the molecule is C1CC2OC2O1.CC(=O)OC(C)(C)C. The summed E-state index contributed by atoms with van der Waals surface area (Å²) in [4.78, 5) is 10.2. The van der Waals surface area contributed by atoms with E-state index in [9.17, 15) is 4.79 Å². The fraction of sp³-hybridized carbons (Fsp3) is 0.900. The molecule has 0 aliphatic carbocycles. The molecule has 2 heterocycles. The lowest BCUT2D eigenvalue weighted by Crippen LogP contribution is -2.21. The molecule has 2 saturated heterocycles. The third kappa shape index (κ3) is 4.58. The number of epoxide rings is 1. The molecule has 0 amide bonds. The normalized spacial score (nSPS) is 28.6. The Labute approximate surface area is 84.5 Å². The average Bonchev–Trinajstić information content (AvgIpc) is 2.55. The average molecular weight is 202 g/mol. The van der Waals surface area contributed by atoms with Crippen LogP contribution in [0.4, 0.5) is 0 Å². The summed E-state index contributed by atoms with van der Waals surface area (Å²) in [6, 6.07) is 0. The maximum absolute atomic E-state index is 10.2. The number of esters is 1. The van der Waals surface area contributed by atoms with Gasteiger partial charge in [-0.2, -0.15) is 0 Å². The van der Waals surface area contributed by atoms with Crippen LogP contribution in [0.15, 0.2) is 0 Å².